The van der Waals surface area contributed by atoms with Crippen LogP contribution >= 0.6 is 11.3 Å². The van der Waals surface area contributed by atoms with Crippen LogP contribution in [0.4, 0.5) is 8.78 Å². The Balaban J connectivity index is 1.54. The fourth-order valence-electron chi connectivity index (χ4n) is 2.85. The molecule has 122 valence electrons. The molecule has 24 heavy (non-hydrogen) atoms. The molecule has 0 unspecified atom stereocenters. The highest BCUT2D eigenvalue weighted by atomic mass is 32.1. The SMILES string of the molecule is Fc1cncc(F)c1CN1CCc2nc(-c3cccs3)ncc2C1. The van der Waals surface area contributed by atoms with Crippen molar-refractivity contribution in [3.05, 3.63) is 64.6 Å². The average Bonchev–Trinajstić information content (AvgIpc) is 3.12. The average molecular weight is 344 g/mol. The quantitative estimate of drug-likeness (QED) is 0.730. The summed E-state index contributed by atoms with van der Waals surface area (Å²) in [5, 5.41) is 2.00. The number of fused-ring (bicyclic) bond motifs is 1. The van der Waals surface area contributed by atoms with Gasteiger partial charge in [-0.2, -0.15) is 0 Å². The van der Waals surface area contributed by atoms with E-state index in [1.54, 1.807) is 11.3 Å². The first-order valence-corrected chi connectivity index (χ1v) is 8.47. The number of pyridine rings is 1. The van der Waals surface area contributed by atoms with Crippen molar-refractivity contribution in [3.8, 4) is 10.7 Å². The second kappa shape index (κ2) is 6.33. The van der Waals surface area contributed by atoms with Crippen molar-refractivity contribution in [2.75, 3.05) is 6.54 Å². The number of aromatic nitrogens is 3. The van der Waals surface area contributed by atoms with Crippen molar-refractivity contribution >= 4 is 11.3 Å². The third-order valence-corrected chi connectivity index (χ3v) is 4.95. The maximum atomic E-state index is 13.8. The number of nitrogens with zero attached hydrogens (tertiary/aromatic N) is 4. The molecule has 0 N–H and O–H groups in total. The fourth-order valence-corrected chi connectivity index (χ4v) is 3.51. The van der Waals surface area contributed by atoms with Crippen molar-refractivity contribution in [2.45, 2.75) is 19.5 Å². The molecule has 1 aliphatic rings. The summed E-state index contributed by atoms with van der Waals surface area (Å²) in [6.45, 7) is 1.50. The molecule has 0 saturated heterocycles. The third kappa shape index (κ3) is 2.92. The maximum Gasteiger partial charge on any atom is 0.169 e. The molecule has 4 rings (SSSR count). The Bertz CT molecular complexity index is 847. The molecule has 0 amide bonds. The molecule has 0 aliphatic carbocycles. The van der Waals surface area contributed by atoms with Crippen LogP contribution in [0.2, 0.25) is 0 Å². The van der Waals surface area contributed by atoms with E-state index in [-0.39, 0.29) is 12.1 Å². The van der Waals surface area contributed by atoms with Crippen LogP contribution < -0.4 is 0 Å². The Hall–Kier alpha value is -2.25. The maximum absolute atomic E-state index is 13.8. The highest BCUT2D eigenvalue weighted by Gasteiger charge is 2.21. The summed E-state index contributed by atoms with van der Waals surface area (Å²) in [4.78, 5) is 15.6. The lowest BCUT2D eigenvalue weighted by atomic mass is 10.1. The molecular formula is C17H14F2N4S. The predicted octanol–water partition coefficient (Wildman–Crippen LogP) is 3.44. The van der Waals surface area contributed by atoms with E-state index in [1.165, 1.54) is 0 Å². The van der Waals surface area contributed by atoms with Gasteiger partial charge in [0, 0.05) is 43.4 Å². The van der Waals surface area contributed by atoms with Crippen LogP contribution in [0.15, 0.2) is 36.1 Å². The standard InChI is InChI=1S/C17H14F2N4S/c18-13-7-20-8-14(19)12(13)10-23-4-3-15-11(9-23)6-21-17(22-15)16-2-1-5-24-16/h1-2,5-8H,3-4,9-10H2. The van der Waals surface area contributed by atoms with Crippen LogP contribution in [0.25, 0.3) is 10.7 Å². The van der Waals surface area contributed by atoms with Crippen molar-refractivity contribution in [2.24, 2.45) is 0 Å². The number of halogens is 2. The van der Waals surface area contributed by atoms with Crippen LogP contribution in [0.3, 0.4) is 0 Å². The minimum absolute atomic E-state index is 0.0598. The third-order valence-electron chi connectivity index (χ3n) is 4.09. The lowest BCUT2D eigenvalue weighted by molar-refractivity contribution is 0.235. The summed E-state index contributed by atoms with van der Waals surface area (Å²) < 4.78 is 27.5. The van der Waals surface area contributed by atoms with E-state index in [0.29, 0.717) is 13.1 Å². The number of hydrogen-bond acceptors (Lipinski definition) is 5. The monoisotopic (exact) mass is 344 g/mol. The van der Waals surface area contributed by atoms with Crippen LogP contribution in [-0.4, -0.2) is 26.4 Å². The molecule has 0 fully saturated rings. The summed E-state index contributed by atoms with van der Waals surface area (Å²) in [7, 11) is 0. The predicted molar refractivity (Wildman–Crippen MR) is 87.3 cm³/mol. The molecule has 4 nitrogen and oxygen atoms in total. The van der Waals surface area contributed by atoms with Gasteiger partial charge in [-0.25, -0.2) is 18.7 Å². The van der Waals surface area contributed by atoms with Crippen LogP contribution in [0.1, 0.15) is 16.8 Å². The van der Waals surface area contributed by atoms with Gasteiger partial charge in [0.15, 0.2) is 5.82 Å². The van der Waals surface area contributed by atoms with Crippen molar-refractivity contribution in [1.29, 1.82) is 0 Å². The van der Waals surface area contributed by atoms with Gasteiger partial charge in [0.1, 0.15) is 11.6 Å². The molecule has 0 bridgehead atoms. The van der Waals surface area contributed by atoms with Crippen molar-refractivity contribution in [1.82, 2.24) is 19.9 Å². The van der Waals surface area contributed by atoms with E-state index in [1.807, 2.05) is 28.6 Å². The summed E-state index contributed by atoms with van der Waals surface area (Å²) in [5.74, 6) is -0.474. The lowest BCUT2D eigenvalue weighted by Gasteiger charge is -2.28. The van der Waals surface area contributed by atoms with E-state index in [0.717, 1.165) is 40.8 Å². The van der Waals surface area contributed by atoms with E-state index in [4.69, 9.17) is 0 Å². The molecule has 3 aromatic rings. The molecular weight excluding hydrogens is 330 g/mol. The number of thiophene rings is 1. The summed E-state index contributed by atoms with van der Waals surface area (Å²) in [5.41, 5.74) is 2.08. The van der Waals surface area contributed by atoms with Gasteiger partial charge in [0.25, 0.3) is 0 Å². The number of rotatable bonds is 3. The van der Waals surface area contributed by atoms with E-state index in [9.17, 15) is 8.78 Å². The lowest BCUT2D eigenvalue weighted by Crippen LogP contribution is -2.31. The zero-order chi connectivity index (χ0) is 16.5. The Morgan fingerprint density at radius 1 is 1.17 bits per heavy atom. The highest BCUT2D eigenvalue weighted by molar-refractivity contribution is 7.13. The molecule has 0 aromatic carbocycles. The fraction of sp³-hybridized carbons (Fsp3) is 0.235. The summed E-state index contributed by atoms with van der Waals surface area (Å²) in [6, 6.07) is 3.97. The topological polar surface area (TPSA) is 41.9 Å². The Kier molecular flexibility index (Phi) is 4.03. The van der Waals surface area contributed by atoms with Crippen molar-refractivity contribution in [3.63, 3.8) is 0 Å². The van der Waals surface area contributed by atoms with Gasteiger partial charge in [-0.1, -0.05) is 6.07 Å². The first-order chi connectivity index (χ1) is 11.7. The van der Waals surface area contributed by atoms with E-state index in [2.05, 4.69) is 15.0 Å². The van der Waals surface area contributed by atoms with Gasteiger partial charge in [-0.05, 0) is 11.4 Å². The molecule has 3 aromatic heterocycles. The van der Waals surface area contributed by atoms with Crippen LogP contribution in [0, 0.1) is 11.6 Å². The van der Waals surface area contributed by atoms with E-state index >= 15 is 0 Å². The summed E-state index contributed by atoms with van der Waals surface area (Å²) in [6.07, 6.45) is 4.66. The molecule has 0 radical (unpaired) electrons. The van der Waals surface area contributed by atoms with Gasteiger partial charge >= 0.3 is 0 Å². The molecule has 7 heteroatoms. The molecule has 0 spiro atoms. The Morgan fingerprint density at radius 3 is 2.75 bits per heavy atom. The number of hydrogen-bond donors (Lipinski definition) is 0. The second-order valence-electron chi connectivity index (χ2n) is 5.69. The van der Waals surface area contributed by atoms with Crippen LogP contribution in [0.5, 0.6) is 0 Å². The minimum Gasteiger partial charge on any atom is -0.294 e. The highest BCUT2D eigenvalue weighted by Crippen LogP contribution is 2.25. The minimum atomic E-state index is -0.606. The smallest absolute Gasteiger partial charge is 0.169 e. The van der Waals surface area contributed by atoms with Crippen molar-refractivity contribution < 1.29 is 8.78 Å². The molecule has 1 aliphatic heterocycles. The first kappa shape index (κ1) is 15.3. The van der Waals surface area contributed by atoms with Gasteiger partial charge in [-0.3, -0.25) is 9.88 Å². The van der Waals surface area contributed by atoms with Gasteiger partial charge < -0.3 is 0 Å². The van der Waals surface area contributed by atoms with Gasteiger partial charge in [0.05, 0.1) is 23.0 Å². The van der Waals surface area contributed by atoms with E-state index < -0.39 is 11.6 Å². The largest absolute Gasteiger partial charge is 0.294 e. The van der Waals surface area contributed by atoms with Gasteiger partial charge in [-0.15, -0.1) is 11.3 Å². The molecule has 4 heterocycles. The second-order valence-corrected chi connectivity index (χ2v) is 6.63. The van der Waals surface area contributed by atoms with Gasteiger partial charge in [0.2, 0.25) is 0 Å². The Labute approximate surface area is 141 Å². The normalized spacial score (nSPS) is 14.6. The molecule has 0 atom stereocenters. The zero-order valence-corrected chi connectivity index (χ0v) is 13.6. The first-order valence-electron chi connectivity index (χ1n) is 7.59. The van der Waals surface area contributed by atoms with Crippen LogP contribution in [-0.2, 0) is 19.5 Å². The zero-order valence-electron chi connectivity index (χ0n) is 12.7. The summed E-state index contributed by atoms with van der Waals surface area (Å²) >= 11 is 1.61. The Morgan fingerprint density at radius 2 is 2.00 bits per heavy atom. The molecule has 0 saturated carbocycles.